The maximum atomic E-state index is 11.6. The monoisotopic (exact) mass is 268 g/mol. The van der Waals surface area contributed by atoms with Crippen molar-refractivity contribution in [2.75, 3.05) is 21.3 Å². The molecule has 0 atom stereocenters. The predicted octanol–water partition coefficient (Wildman–Crippen LogP) is 1.62. The summed E-state index contributed by atoms with van der Waals surface area (Å²) in [7, 11) is 0.786. The summed E-state index contributed by atoms with van der Waals surface area (Å²) in [4.78, 5) is 11.6. The van der Waals surface area contributed by atoms with E-state index < -0.39 is 15.0 Å². The van der Waals surface area contributed by atoms with E-state index in [1.54, 1.807) is 6.08 Å². The first-order valence-electron chi connectivity index (χ1n) is 5.27. The van der Waals surface area contributed by atoms with E-state index in [0.29, 0.717) is 0 Å². The van der Waals surface area contributed by atoms with Crippen LogP contribution in [-0.2, 0) is 22.5 Å². The fourth-order valence-corrected chi connectivity index (χ4v) is 2.33. The van der Waals surface area contributed by atoms with Crippen molar-refractivity contribution in [1.29, 1.82) is 0 Å². The molecule has 98 valence electrons. The highest BCUT2D eigenvalue weighted by atomic mass is 28.4. The summed E-state index contributed by atoms with van der Waals surface area (Å²) in [5.41, 5.74) is 0.897. The number of hydrogen-bond donors (Lipinski definition) is 0. The first-order valence-corrected chi connectivity index (χ1v) is 6.90. The molecule has 1 rings (SSSR count). The van der Waals surface area contributed by atoms with Crippen molar-refractivity contribution in [1.82, 2.24) is 0 Å². The van der Waals surface area contributed by atoms with Gasteiger partial charge >= 0.3 is 15.0 Å². The second kappa shape index (κ2) is 7.07. The third kappa shape index (κ3) is 4.08. The molecule has 1 aromatic carbocycles. The number of carbonyl (C=O) groups is 1. The van der Waals surface area contributed by atoms with Gasteiger partial charge in [-0.15, -0.1) is 0 Å². The number of hydrogen-bond acceptors (Lipinski definition) is 5. The molecule has 0 N–H and O–H groups in total. The number of benzene rings is 1. The smallest absolute Gasteiger partial charge is 0.449 e. The Morgan fingerprint density at radius 3 is 2.11 bits per heavy atom. The van der Waals surface area contributed by atoms with Gasteiger partial charge in [-0.05, 0) is 11.6 Å². The standard InChI is InChI=1S/C12H16O5Si/c1-14-18(15-2,16-3)17-12(13)10-9-11-7-5-4-6-8-11/h4-10H,1-3H3/b10-9+. The Balaban J connectivity index is 2.64. The molecular weight excluding hydrogens is 252 g/mol. The van der Waals surface area contributed by atoms with E-state index in [1.165, 1.54) is 27.4 Å². The lowest BCUT2D eigenvalue weighted by Crippen LogP contribution is -2.47. The van der Waals surface area contributed by atoms with Crippen molar-refractivity contribution in [3.63, 3.8) is 0 Å². The molecule has 6 heteroatoms. The Hall–Kier alpha value is -1.47. The summed E-state index contributed by atoms with van der Waals surface area (Å²) in [5.74, 6) is -0.573. The Kier molecular flexibility index (Phi) is 5.73. The van der Waals surface area contributed by atoms with Crippen LogP contribution in [0.2, 0.25) is 0 Å². The lowest BCUT2D eigenvalue weighted by atomic mass is 10.2. The van der Waals surface area contributed by atoms with E-state index in [9.17, 15) is 4.79 Å². The highest BCUT2D eigenvalue weighted by molar-refractivity contribution is 6.55. The van der Waals surface area contributed by atoms with Crippen LogP contribution >= 0.6 is 0 Å². The maximum absolute atomic E-state index is 11.6. The summed E-state index contributed by atoms with van der Waals surface area (Å²) in [5, 5.41) is 0. The Morgan fingerprint density at radius 2 is 1.61 bits per heavy atom. The summed E-state index contributed by atoms with van der Waals surface area (Å²) < 4.78 is 20.0. The van der Waals surface area contributed by atoms with Gasteiger partial charge < -0.3 is 17.7 Å². The molecule has 0 radical (unpaired) electrons. The molecule has 0 aromatic heterocycles. The third-order valence-corrected chi connectivity index (χ3v) is 4.14. The number of carbonyl (C=O) groups excluding carboxylic acids is 1. The highest BCUT2D eigenvalue weighted by Gasteiger charge is 2.46. The Morgan fingerprint density at radius 1 is 1.06 bits per heavy atom. The molecule has 0 aliphatic heterocycles. The second-order valence-corrected chi connectivity index (χ2v) is 5.71. The summed E-state index contributed by atoms with van der Waals surface area (Å²) >= 11 is 0. The first kappa shape index (κ1) is 14.6. The minimum atomic E-state index is -3.32. The second-order valence-electron chi connectivity index (χ2n) is 3.28. The first-order chi connectivity index (χ1) is 8.65. The van der Waals surface area contributed by atoms with E-state index >= 15 is 0 Å². The van der Waals surface area contributed by atoms with Gasteiger partial charge in [0.25, 0.3) is 0 Å². The van der Waals surface area contributed by atoms with E-state index in [2.05, 4.69) is 0 Å². The molecule has 0 saturated heterocycles. The zero-order valence-electron chi connectivity index (χ0n) is 10.6. The molecule has 0 spiro atoms. The topological polar surface area (TPSA) is 54.0 Å². The van der Waals surface area contributed by atoms with Gasteiger partial charge in [-0.2, -0.15) is 0 Å². The van der Waals surface area contributed by atoms with Gasteiger partial charge in [0, 0.05) is 27.4 Å². The molecule has 0 aliphatic carbocycles. The molecule has 0 saturated carbocycles. The van der Waals surface area contributed by atoms with E-state index in [4.69, 9.17) is 17.7 Å². The van der Waals surface area contributed by atoms with Crippen LogP contribution in [0, 0.1) is 0 Å². The molecular formula is C12H16O5Si. The summed E-state index contributed by atoms with van der Waals surface area (Å²) in [6.07, 6.45) is 2.94. The third-order valence-electron chi connectivity index (χ3n) is 2.19. The van der Waals surface area contributed by atoms with Crippen LogP contribution in [0.4, 0.5) is 0 Å². The molecule has 0 aliphatic rings. The van der Waals surface area contributed by atoms with Gasteiger partial charge in [-0.1, -0.05) is 30.3 Å². The van der Waals surface area contributed by atoms with Crippen LogP contribution in [0.5, 0.6) is 0 Å². The van der Waals surface area contributed by atoms with Crippen molar-refractivity contribution >= 4 is 21.1 Å². The Labute approximate surface area is 107 Å². The lowest BCUT2D eigenvalue weighted by molar-refractivity contribution is -0.137. The van der Waals surface area contributed by atoms with Gasteiger partial charge in [0.1, 0.15) is 0 Å². The number of rotatable bonds is 6. The maximum Gasteiger partial charge on any atom is 0.751 e. The van der Waals surface area contributed by atoms with Crippen molar-refractivity contribution in [2.24, 2.45) is 0 Å². The fourth-order valence-electron chi connectivity index (χ4n) is 1.26. The Bertz CT molecular complexity index is 392. The van der Waals surface area contributed by atoms with Crippen molar-refractivity contribution in [3.05, 3.63) is 42.0 Å². The van der Waals surface area contributed by atoms with Crippen LogP contribution in [0.1, 0.15) is 5.56 Å². The van der Waals surface area contributed by atoms with E-state index in [1.807, 2.05) is 30.3 Å². The van der Waals surface area contributed by atoms with Crippen LogP contribution in [0.25, 0.3) is 6.08 Å². The minimum absolute atomic E-state index is 0.573. The van der Waals surface area contributed by atoms with Gasteiger partial charge in [0.2, 0.25) is 0 Å². The van der Waals surface area contributed by atoms with E-state index in [-0.39, 0.29) is 0 Å². The summed E-state index contributed by atoms with van der Waals surface area (Å²) in [6, 6.07) is 9.40. The molecule has 18 heavy (non-hydrogen) atoms. The van der Waals surface area contributed by atoms with Gasteiger partial charge in [0.15, 0.2) is 0 Å². The molecule has 0 unspecified atom stereocenters. The van der Waals surface area contributed by atoms with Crippen LogP contribution < -0.4 is 0 Å². The average molecular weight is 268 g/mol. The van der Waals surface area contributed by atoms with Crippen molar-refractivity contribution < 1.29 is 22.5 Å². The van der Waals surface area contributed by atoms with Crippen LogP contribution in [-0.4, -0.2) is 36.3 Å². The zero-order chi connectivity index (χ0) is 13.4. The summed E-state index contributed by atoms with van der Waals surface area (Å²) in [6.45, 7) is 0. The SMILES string of the molecule is CO[Si](OC)(OC)OC(=O)/C=C/c1ccccc1. The fraction of sp³-hybridized carbons (Fsp3) is 0.250. The zero-order valence-corrected chi connectivity index (χ0v) is 11.6. The molecule has 1 aromatic rings. The quantitative estimate of drug-likeness (QED) is 0.579. The largest absolute Gasteiger partial charge is 0.751 e. The van der Waals surface area contributed by atoms with Gasteiger partial charge in [-0.25, -0.2) is 4.79 Å². The van der Waals surface area contributed by atoms with E-state index in [0.717, 1.165) is 5.56 Å². The van der Waals surface area contributed by atoms with Crippen LogP contribution in [0.15, 0.2) is 36.4 Å². The van der Waals surface area contributed by atoms with Gasteiger partial charge in [0.05, 0.1) is 0 Å². The van der Waals surface area contributed by atoms with Crippen molar-refractivity contribution in [2.45, 2.75) is 0 Å². The van der Waals surface area contributed by atoms with Gasteiger partial charge in [-0.3, -0.25) is 0 Å². The lowest BCUT2D eigenvalue weighted by Gasteiger charge is -2.21. The molecule has 0 fully saturated rings. The molecule has 0 heterocycles. The highest BCUT2D eigenvalue weighted by Crippen LogP contribution is 2.09. The van der Waals surface area contributed by atoms with Crippen LogP contribution in [0.3, 0.4) is 0 Å². The average Bonchev–Trinajstić information content (AvgIpc) is 2.44. The normalized spacial score (nSPS) is 11.7. The predicted molar refractivity (Wildman–Crippen MR) is 68.3 cm³/mol. The molecule has 5 nitrogen and oxygen atoms in total. The van der Waals surface area contributed by atoms with Crippen molar-refractivity contribution in [3.8, 4) is 0 Å². The molecule has 0 amide bonds. The molecule has 0 bridgehead atoms. The minimum Gasteiger partial charge on any atom is -0.449 e.